The van der Waals surface area contributed by atoms with Crippen LogP contribution in [0.15, 0.2) is 23.0 Å². The highest BCUT2D eigenvalue weighted by molar-refractivity contribution is 5.85. The number of carbonyl (C=O) groups is 1. The molecular weight excluding hydrogens is 289 g/mol. The molecule has 1 heterocycles. The number of nitrogens with two attached hydrogens (primary N) is 1. The predicted molar refractivity (Wildman–Crippen MR) is 82.5 cm³/mol. The molecule has 0 radical (unpaired) electrons. The topological polar surface area (TPSA) is 86.3 Å². The first-order chi connectivity index (χ1) is 10.4. The first kappa shape index (κ1) is 15.8. The Balaban J connectivity index is 2.67. The second kappa shape index (κ2) is 6.05. The molecule has 22 heavy (non-hydrogen) atoms. The number of nitrogens with zero attached hydrogens (tertiary/aromatic N) is 1. The summed E-state index contributed by atoms with van der Waals surface area (Å²) in [5.41, 5.74) is 5.57. The van der Waals surface area contributed by atoms with Crippen LogP contribution in [-0.4, -0.2) is 24.1 Å². The van der Waals surface area contributed by atoms with Crippen LogP contribution < -0.4 is 21.3 Å². The van der Waals surface area contributed by atoms with Crippen LogP contribution in [-0.2, 0) is 4.79 Å². The van der Waals surface area contributed by atoms with E-state index in [9.17, 15) is 14.0 Å². The third-order valence-electron chi connectivity index (χ3n) is 3.31. The van der Waals surface area contributed by atoms with Gasteiger partial charge in [-0.2, -0.15) is 0 Å². The molecule has 0 aliphatic heterocycles. The first-order valence-corrected chi connectivity index (χ1v) is 6.83. The monoisotopic (exact) mass is 307 g/mol. The summed E-state index contributed by atoms with van der Waals surface area (Å²) in [6.07, 6.45) is 0. The lowest BCUT2D eigenvalue weighted by atomic mass is 10.1. The fraction of sp³-hybridized carbons (Fsp3) is 0.333. The summed E-state index contributed by atoms with van der Waals surface area (Å²) in [4.78, 5) is 23.7. The average Bonchev–Trinajstić information content (AvgIpc) is 2.48. The Morgan fingerprint density at radius 2 is 2.14 bits per heavy atom. The van der Waals surface area contributed by atoms with Crippen molar-refractivity contribution in [2.24, 2.45) is 0 Å². The third-order valence-corrected chi connectivity index (χ3v) is 3.31. The number of amides is 1. The van der Waals surface area contributed by atoms with Crippen molar-refractivity contribution >= 4 is 22.5 Å². The van der Waals surface area contributed by atoms with Crippen LogP contribution in [0.4, 0.5) is 10.1 Å². The molecular formula is C15H18FN3O3. The van der Waals surface area contributed by atoms with E-state index in [1.165, 1.54) is 23.7 Å². The van der Waals surface area contributed by atoms with Gasteiger partial charge in [-0.1, -0.05) is 0 Å². The summed E-state index contributed by atoms with van der Waals surface area (Å²) in [5, 5.41) is 2.56. The van der Waals surface area contributed by atoms with Gasteiger partial charge in [-0.3, -0.25) is 9.59 Å². The molecule has 0 saturated heterocycles. The number of hydrogen-bond acceptors (Lipinski definition) is 4. The van der Waals surface area contributed by atoms with Gasteiger partial charge >= 0.3 is 0 Å². The van der Waals surface area contributed by atoms with Gasteiger partial charge in [0.05, 0.1) is 11.2 Å². The molecule has 0 atom stereocenters. The van der Waals surface area contributed by atoms with Crippen molar-refractivity contribution in [2.75, 3.05) is 19.4 Å². The van der Waals surface area contributed by atoms with Crippen LogP contribution in [0.3, 0.4) is 0 Å². The second-order valence-electron chi connectivity index (χ2n) is 5.14. The molecule has 0 fully saturated rings. The van der Waals surface area contributed by atoms with Crippen molar-refractivity contribution in [2.45, 2.75) is 19.9 Å². The summed E-state index contributed by atoms with van der Waals surface area (Å²) >= 11 is 0. The minimum Gasteiger partial charge on any atom is -0.478 e. The summed E-state index contributed by atoms with van der Waals surface area (Å²) in [6.45, 7) is 3.29. The van der Waals surface area contributed by atoms with E-state index in [0.717, 1.165) is 0 Å². The fourth-order valence-corrected chi connectivity index (χ4v) is 2.20. The number of nitrogens with one attached hydrogen (secondary N) is 1. The summed E-state index contributed by atoms with van der Waals surface area (Å²) in [6, 6.07) is 4.09. The first-order valence-electron chi connectivity index (χ1n) is 6.83. The van der Waals surface area contributed by atoms with Crippen molar-refractivity contribution in [1.29, 1.82) is 0 Å². The smallest absolute Gasteiger partial charge is 0.293 e. The number of halogens is 1. The molecule has 7 heteroatoms. The van der Waals surface area contributed by atoms with Crippen LogP contribution >= 0.6 is 0 Å². The van der Waals surface area contributed by atoms with Crippen LogP contribution in [0, 0.1) is 5.82 Å². The molecule has 3 N–H and O–H groups in total. The molecule has 2 rings (SSSR count). The summed E-state index contributed by atoms with van der Waals surface area (Å²) in [7, 11) is 1.46. The Morgan fingerprint density at radius 1 is 1.45 bits per heavy atom. The number of nitrogen functional groups attached to an aromatic ring is 1. The maximum Gasteiger partial charge on any atom is 0.293 e. The predicted octanol–water partition coefficient (Wildman–Crippen LogP) is 1.43. The van der Waals surface area contributed by atoms with Crippen LogP contribution in [0.1, 0.15) is 19.9 Å². The van der Waals surface area contributed by atoms with Gasteiger partial charge < -0.3 is 20.4 Å². The molecule has 1 aromatic heterocycles. The van der Waals surface area contributed by atoms with Crippen LogP contribution in [0.25, 0.3) is 10.9 Å². The van der Waals surface area contributed by atoms with E-state index in [1.54, 1.807) is 19.9 Å². The number of fused-ring (bicyclic) bond motifs is 1. The van der Waals surface area contributed by atoms with Crippen molar-refractivity contribution in [3.63, 3.8) is 0 Å². The Labute approximate surface area is 126 Å². The Morgan fingerprint density at radius 3 is 2.73 bits per heavy atom. The number of rotatable bonds is 4. The number of ether oxygens (including phenoxy) is 1. The number of carbonyl (C=O) groups excluding carboxylic acids is 1. The average molecular weight is 307 g/mol. The molecule has 0 aliphatic rings. The van der Waals surface area contributed by atoms with E-state index < -0.39 is 11.4 Å². The van der Waals surface area contributed by atoms with E-state index in [0.29, 0.717) is 5.52 Å². The largest absolute Gasteiger partial charge is 0.478 e. The quantitative estimate of drug-likeness (QED) is 0.837. The minimum absolute atomic E-state index is 0.0151. The highest BCUT2D eigenvalue weighted by atomic mass is 19.1. The highest BCUT2D eigenvalue weighted by Crippen LogP contribution is 2.26. The van der Waals surface area contributed by atoms with Gasteiger partial charge in [0.2, 0.25) is 0 Å². The molecule has 2 aromatic rings. The Hall–Kier alpha value is -2.57. The SMILES string of the molecule is CNC(=O)COc1cc2c(F)c(N)ccc2n(C(C)C)c1=O. The number of hydrogen-bond donors (Lipinski definition) is 2. The number of pyridine rings is 1. The van der Waals surface area contributed by atoms with E-state index in [4.69, 9.17) is 10.5 Å². The maximum absolute atomic E-state index is 14.2. The normalized spacial score (nSPS) is 11.0. The molecule has 6 nitrogen and oxygen atoms in total. The number of benzene rings is 1. The van der Waals surface area contributed by atoms with Gasteiger partial charge in [-0.25, -0.2) is 4.39 Å². The van der Waals surface area contributed by atoms with Crippen molar-refractivity contribution in [3.8, 4) is 5.75 Å². The lowest BCUT2D eigenvalue weighted by molar-refractivity contribution is -0.122. The zero-order valence-electron chi connectivity index (χ0n) is 12.6. The number of likely N-dealkylation sites (N-methyl/N-ethyl adjacent to an activating group) is 1. The number of aromatic nitrogens is 1. The van der Waals surface area contributed by atoms with E-state index in [1.807, 2.05) is 0 Å². The molecule has 0 saturated carbocycles. The second-order valence-corrected chi connectivity index (χ2v) is 5.14. The van der Waals surface area contributed by atoms with Gasteiger partial charge in [0.25, 0.3) is 11.5 Å². The maximum atomic E-state index is 14.2. The molecule has 118 valence electrons. The Bertz CT molecular complexity index is 784. The van der Waals surface area contributed by atoms with Crippen molar-refractivity contribution in [1.82, 2.24) is 9.88 Å². The zero-order valence-corrected chi connectivity index (χ0v) is 12.6. The molecule has 1 aromatic carbocycles. The lowest BCUT2D eigenvalue weighted by Gasteiger charge is -2.17. The Kier molecular flexibility index (Phi) is 4.35. The van der Waals surface area contributed by atoms with Gasteiger partial charge in [0.1, 0.15) is 0 Å². The van der Waals surface area contributed by atoms with E-state index in [-0.39, 0.29) is 35.4 Å². The molecule has 0 unspecified atom stereocenters. The van der Waals surface area contributed by atoms with Crippen molar-refractivity contribution in [3.05, 3.63) is 34.4 Å². The molecule has 0 spiro atoms. The fourth-order valence-electron chi connectivity index (χ4n) is 2.20. The minimum atomic E-state index is -0.614. The van der Waals surface area contributed by atoms with Gasteiger partial charge in [0, 0.05) is 18.5 Å². The highest BCUT2D eigenvalue weighted by Gasteiger charge is 2.17. The lowest BCUT2D eigenvalue weighted by Crippen LogP contribution is -2.29. The van der Waals surface area contributed by atoms with Gasteiger partial charge in [-0.15, -0.1) is 0 Å². The van der Waals surface area contributed by atoms with Crippen molar-refractivity contribution < 1.29 is 13.9 Å². The number of anilines is 1. The van der Waals surface area contributed by atoms with E-state index >= 15 is 0 Å². The molecule has 0 bridgehead atoms. The molecule has 1 amide bonds. The zero-order chi connectivity index (χ0) is 16.4. The van der Waals surface area contributed by atoms with Crippen LogP contribution in [0.2, 0.25) is 0 Å². The standard InChI is InChI=1S/C15H18FN3O3/c1-8(2)19-11-5-4-10(17)14(16)9(11)6-12(15(19)21)22-7-13(20)18-3/h4-6,8H,7,17H2,1-3H3,(H,18,20). The van der Waals surface area contributed by atoms with Gasteiger partial charge in [-0.05, 0) is 32.0 Å². The molecule has 0 aliphatic carbocycles. The summed E-state index contributed by atoms with van der Waals surface area (Å²) in [5.74, 6) is -1.09. The van der Waals surface area contributed by atoms with Crippen LogP contribution in [0.5, 0.6) is 5.75 Å². The summed E-state index contributed by atoms with van der Waals surface area (Å²) < 4.78 is 20.9. The van der Waals surface area contributed by atoms with E-state index in [2.05, 4.69) is 5.32 Å². The third kappa shape index (κ3) is 2.74. The van der Waals surface area contributed by atoms with Gasteiger partial charge in [0.15, 0.2) is 18.2 Å².